The molecule has 0 aliphatic heterocycles. The molecule has 0 saturated carbocycles. The molecule has 8 heteroatoms. The summed E-state index contributed by atoms with van der Waals surface area (Å²) in [7, 11) is 0. The van der Waals surface area contributed by atoms with E-state index in [0.29, 0.717) is 0 Å². The van der Waals surface area contributed by atoms with Gasteiger partial charge in [0.25, 0.3) is 5.91 Å². The first-order valence-electron chi connectivity index (χ1n) is 7.51. The van der Waals surface area contributed by atoms with Crippen LogP contribution < -0.4 is 5.32 Å². The number of hydrogen-bond donors (Lipinski definition) is 2. The van der Waals surface area contributed by atoms with Gasteiger partial charge < -0.3 is 10.4 Å². The van der Waals surface area contributed by atoms with E-state index < -0.39 is 34.9 Å². The van der Waals surface area contributed by atoms with Gasteiger partial charge >= 0.3 is 6.18 Å². The maximum atomic E-state index is 13.1. The van der Waals surface area contributed by atoms with Crippen molar-refractivity contribution in [2.75, 3.05) is 6.54 Å². The van der Waals surface area contributed by atoms with Gasteiger partial charge in [0, 0.05) is 18.5 Å². The highest BCUT2D eigenvalue weighted by Gasteiger charge is 2.40. The number of aliphatic hydroxyl groups is 1. The Bertz CT molecular complexity index is 551. The van der Waals surface area contributed by atoms with Crippen LogP contribution in [0.5, 0.6) is 0 Å². The second kappa shape index (κ2) is 6.90. The van der Waals surface area contributed by atoms with Crippen molar-refractivity contribution in [2.24, 2.45) is 11.3 Å². The zero-order valence-electron chi connectivity index (χ0n) is 14.0. The van der Waals surface area contributed by atoms with Crippen molar-refractivity contribution in [1.29, 1.82) is 0 Å². The van der Waals surface area contributed by atoms with Crippen LogP contribution >= 0.6 is 0 Å². The first-order chi connectivity index (χ1) is 10.4. The average molecular weight is 335 g/mol. The maximum Gasteiger partial charge on any atom is 0.433 e. The molecule has 1 aromatic heterocycles. The van der Waals surface area contributed by atoms with Crippen molar-refractivity contribution >= 4 is 5.91 Å². The number of nitrogens with zero attached hydrogens (tertiary/aromatic N) is 2. The van der Waals surface area contributed by atoms with Crippen molar-refractivity contribution in [3.63, 3.8) is 0 Å². The van der Waals surface area contributed by atoms with E-state index in [1.165, 1.54) is 6.92 Å². The molecule has 0 aromatic carbocycles. The van der Waals surface area contributed by atoms with E-state index in [9.17, 15) is 23.1 Å². The van der Waals surface area contributed by atoms with E-state index in [1.54, 1.807) is 13.8 Å². The molecule has 0 aliphatic rings. The highest BCUT2D eigenvalue weighted by molar-refractivity contribution is 5.95. The third-order valence-corrected chi connectivity index (χ3v) is 3.79. The fraction of sp³-hybridized carbons (Fsp3) is 0.733. The van der Waals surface area contributed by atoms with Gasteiger partial charge in [-0.25, -0.2) is 0 Å². The molecule has 0 radical (unpaired) electrons. The summed E-state index contributed by atoms with van der Waals surface area (Å²) in [4.78, 5) is 12.1. The number of amides is 1. The number of aryl methyl sites for hydroxylation is 1. The number of hydrogen-bond acceptors (Lipinski definition) is 3. The molecule has 1 heterocycles. The van der Waals surface area contributed by atoms with E-state index >= 15 is 0 Å². The lowest BCUT2D eigenvalue weighted by Gasteiger charge is -2.33. The zero-order chi connectivity index (χ0) is 18.0. The molecule has 0 bridgehead atoms. The molecule has 1 amide bonds. The Morgan fingerprint density at radius 3 is 2.39 bits per heavy atom. The largest absolute Gasteiger partial charge is 0.433 e. The monoisotopic (exact) mass is 335 g/mol. The van der Waals surface area contributed by atoms with Gasteiger partial charge in [0.15, 0.2) is 5.69 Å². The van der Waals surface area contributed by atoms with Gasteiger partial charge in [-0.05, 0) is 12.8 Å². The van der Waals surface area contributed by atoms with Crippen LogP contribution in [0.3, 0.4) is 0 Å². The molecule has 0 aliphatic carbocycles. The van der Waals surface area contributed by atoms with E-state index in [2.05, 4.69) is 10.4 Å². The number of carbonyl (C=O) groups is 1. The van der Waals surface area contributed by atoms with Crippen LogP contribution in [0.15, 0.2) is 6.20 Å². The molecule has 1 unspecified atom stereocenters. The Balaban J connectivity index is 2.94. The summed E-state index contributed by atoms with van der Waals surface area (Å²) in [5.41, 5.74) is -2.22. The first kappa shape index (κ1) is 19.5. The maximum absolute atomic E-state index is 13.1. The van der Waals surface area contributed by atoms with Crippen LogP contribution in [0.25, 0.3) is 0 Å². The van der Waals surface area contributed by atoms with E-state index in [-0.39, 0.29) is 19.0 Å². The molecule has 132 valence electrons. The Morgan fingerprint density at radius 2 is 1.96 bits per heavy atom. The van der Waals surface area contributed by atoms with Gasteiger partial charge in [0.1, 0.15) is 0 Å². The van der Waals surface area contributed by atoms with Crippen molar-refractivity contribution in [3.05, 3.63) is 17.5 Å². The predicted octanol–water partition coefficient (Wildman–Crippen LogP) is 2.69. The Hall–Kier alpha value is -1.57. The van der Waals surface area contributed by atoms with E-state index in [1.807, 2.05) is 13.8 Å². The van der Waals surface area contributed by atoms with Gasteiger partial charge in [-0.2, -0.15) is 18.3 Å². The molecule has 23 heavy (non-hydrogen) atoms. The highest BCUT2D eigenvalue weighted by Crippen LogP contribution is 2.32. The summed E-state index contributed by atoms with van der Waals surface area (Å²) in [6.45, 7) is 8.75. The second-order valence-corrected chi connectivity index (χ2v) is 6.58. The van der Waals surface area contributed by atoms with E-state index in [4.69, 9.17) is 0 Å². The molecule has 1 atom stereocenters. The SMILES string of the molecule is CCn1ncc(C(=O)NCC(C)(C)C(O)C(C)C)c1C(F)(F)F. The number of halogens is 3. The van der Waals surface area contributed by atoms with Crippen LogP contribution in [0.4, 0.5) is 13.2 Å². The van der Waals surface area contributed by atoms with Crippen molar-refractivity contribution < 1.29 is 23.1 Å². The zero-order valence-corrected chi connectivity index (χ0v) is 14.0. The third kappa shape index (κ3) is 4.46. The molecular formula is C15H24F3N3O2. The summed E-state index contributed by atoms with van der Waals surface area (Å²) < 4.78 is 40.1. The number of rotatable bonds is 6. The van der Waals surface area contributed by atoms with Crippen LogP contribution in [-0.2, 0) is 12.7 Å². The van der Waals surface area contributed by atoms with Gasteiger partial charge in [-0.15, -0.1) is 0 Å². The average Bonchev–Trinajstić information content (AvgIpc) is 2.87. The molecule has 0 fully saturated rings. The molecule has 0 spiro atoms. The number of aliphatic hydroxyl groups excluding tert-OH is 1. The molecule has 2 N–H and O–H groups in total. The second-order valence-electron chi connectivity index (χ2n) is 6.58. The van der Waals surface area contributed by atoms with Gasteiger partial charge in [-0.3, -0.25) is 9.48 Å². The Kier molecular flexibility index (Phi) is 5.84. The predicted molar refractivity (Wildman–Crippen MR) is 79.9 cm³/mol. The highest BCUT2D eigenvalue weighted by atomic mass is 19.4. The Labute approximate surface area is 133 Å². The number of carbonyl (C=O) groups excluding carboxylic acids is 1. The molecule has 0 saturated heterocycles. The first-order valence-corrected chi connectivity index (χ1v) is 7.51. The molecule has 1 aromatic rings. The third-order valence-electron chi connectivity index (χ3n) is 3.79. The fourth-order valence-electron chi connectivity index (χ4n) is 2.50. The van der Waals surface area contributed by atoms with Crippen molar-refractivity contribution in [1.82, 2.24) is 15.1 Å². The summed E-state index contributed by atoms with van der Waals surface area (Å²) in [5.74, 6) is -0.878. The fourth-order valence-corrected chi connectivity index (χ4v) is 2.50. The summed E-state index contributed by atoms with van der Waals surface area (Å²) in [5, 5.41) is 16.2. The minimum absolute atomic E-state index is 0.0136. The quantitative estimate of drug-likeness (QED) is 0.840. The number of aromatic nitrogens is 2. The Morgan fingerprint density at radius 1 is 1.39 bits per heavy atom. The van der Waals surface area contributed by atoms with Crippen LogP contribution in [0.1, 0.15) is 50.7 Å². The molecule has 1 rings (SSSR count). The lowest BCUT2D eigenvalue weighted by molar-refractivity contribution is -0.144. The summed E-state index contributed by atoms with van der Waals surface area (Å²) in [6, 6.07) is 0. The number of alkyl halides is 3. The van der Waals surface area contributed by atoms with Crippen LogP contribution in [0.2, 0.25) is 0 Å². The van der Waals surface area contributed by atoms with Crippen LogP contribution in [0, 0.1) is 11.3 Å². The van der Waals surface area contributed by atoms with E-state index in [0.717, 1.165) is 10.9 Å². The van der Waals surface area contributed by atoms with Gasteiger partial charge in [0.05, 0.1) is 17.9 Å². The lowest BCUT2D eigenvalue weighted by Crippen LogP contribution is -2.43. The molecule has 5 nitrogen and oxygen atoms in total. The van der Waals surface area contributed by atoms with Crippen molar-refractivity contribution in [3.8, 4) is 0 Å². The van der Waals surface area contributed by atoms with Crippen molar-refractivity contribution in [2.45, 2.75) is 53.4 Å². The molecular weight excluding hydrogens is 311 g/mol. The normalized spacial score (nSPS) is 14.2. The van der Waals surface area contributed by atoms with Gasteiger partial charge in [-0.1, -0.05) is 27.7 Å². The lowest BCUT2D eigenvalue weighted by atomic mass is 9.80. The summed E-state index contributed by atoms with van der Waals surface area (Å²) >= 11 is 0. The summed E-state index contributed by atoms with van der Waals surface area (Å²) in [6.07, 6.45) is -4.43. The smallest absolute Gasteiger partial charge is 0.392 e. The minimum atomic E-state index is -4.66. The standard InChI is InChI=1S/C15H24F3N3O2/c1-6-21-11(15(16,17)18)10(7-20-21)13(23)19-8-14(4,5)12(22)9(2)3/h7,9,12,22H,6,8H2,1-5H3,(H,19,23). The van der Waals surface area contributed by atoms with Gasteiger partial charge in [0.2, 0.25) is 0 Å². The number of nitrogens with one attached hydrogen (secondary N) is 1. The van der Waals surface area contributed by atoms with Crippen LogP contribution in [-0.4, -0.2) is 33.4 Å². The topological polar surface area (TPSA) is 67.2 Å². The minimum Gasteiger partial charge on any atom is -0.392 e.